The molecule has 0 radical (unpaired) electrons. The Morgan fingerprint density at radius 1 is 0.882 bits per heavy atom. The molecule has 0 aromatic heterocycles. The minimum Gasteiger partial charge on any atom is -0.491 e. The fourth-order valence-corrected chi connectivity index (χ4v) is 4.58. The van der Waals surface area contributed by atoms with Gasteiger partial charge < -0.3 is 9.64 Å². The number of nitrogens with zero attached hydrogens (tertiary/aromatic N) is 2. The van der Waals surface area contributed by atoms with Gasteiger partial charge in [-0.1, -0.05) is 42.5 Å². The summed E-state index contributed by atoms with van der Waals surface area (Å²) < 4.78 is 19.7. The average Bonchev–Trinajstić information content (AvgIpc) is 3.08. The molecule has 0 saturated heterocycles. The number of hydrogen-bond acceptors (Lipinski definition) is 4. The van der Waals surface area contributed by atoms with Gasteiger partial charge in [-0.2, -0.15) is 0 Å². The Morgan fingerprint density at radius 3 is 2.32 bits per heavy atom. The van der Waals surface area contributed by atoms with Crippen LogP contribution in [0.4, 0.5) is 10.1 Å². The molecule has 0 unspecified atom stereocenters. The maximum atomic E-state index is 14.0. The quantitative estimate of drug-likeness (QED) is 0.510. The smallest absolute Gasteiger partial charge is 0.282 e. The van der Waals surface area contributed by atoms with Gasteiger partial charge in [0, 0.05) is 13.1 Å². The highest BCUT2D eigenvalue weighted by molar-refractivity contribution is 6.45. The van der Waals surface area contributed by atoms with E-state index in [4.69, 9.17) is 4.74 Å². The lowest BCUT2D eigenvalue weighted by Gasteiger charge is -2.31. The molecule has 172 valence electrons. The van der Waals surface area contributed by atoms with Crippen LogP contribution in [-0.4, -0.2) is 29.4 Å². The average molecular weight is 457 g/mol. The summed E-state index contributed by atoms with van der Waals surface area (Å²) in [5, 5.41) is 0. The summed E-state index contributed by atoms with van der Waals surface area (Å²) in [6.45, 7) is 5.03. The molecule has 0 bridgehead atoms. The van der Waals surface area contributed by atoms with Crippen LogP contribution in [-0.2, 0) is 22.6 Å². The molecule has 2 aliphatic rings. The number of rotatable bonds is 5. The standard InChI is InChI=1S/C28H25FN2O3/c1-18(2)34-24-12-10-20(11-13-24)25-26(30-15-14-19-6-3-4-7-21(19)17-30)28(33)31(27(25)32)23-9-5-8-22(29)16-23/h3-13,16,18H,14-15,17H2,1-2H3. The van der Waals surface area contributed by atoms with Gasteiger partial charge in [-0.05, 0) is 67.3 Å². The van der Waals surface area contributed by atoms with Gasteiger partial charge in [0.05, 0.1) is 17.4 Å². The molecule has 3 aromatic rings. The summed E-state index contributed by atoms with van der Waals surface area (Å²) in [4.78, 5) is 30.4. The maximum absolute atomic E-state index is 14.0. The SMILES string of the molecule is CC(C)Oc1ccc(C2=C(N3CCc4ccccc4C3)C(=O)N(c3cccc(F)c3)C2=O)cc1. The van der Waals surface area contributed by atoms with Gasteiger partial charge in [-0.25, -0.2) is 9.29 Å². The van der Waals surface area contributed by atoms with Crippen molar-refractivity contribution >= 4 is 23.1 Å². The second-order valence-corrected chi connectivity index (χ2v) is 8.78. The fourth-order valence-electron chi connectivity index (χ4n) is 4.58. The monoisotopic (exact) mass is 456 g/mol. The van der Waals surface area contributed by atoms with E-state index in [0.29, 0.717) is 35.7 Å². The van der Waals surface area contributed by atoms with Gasteiger partial charge in [0.1, 0.15) is 17.3 Å². The first-order valence-electron chi connectivity index (χ1n) is 11.4. The van der Waals surface area contributed by atoms with Crippen LogP contribution in [0.5, 0.6) is 5.75 Å². The molecule has 0 N–H and O–H groups in total. The number of anilines is 1. The van der Waals surface area contributed by atoms with Crippen molar-refractivity contribution in [1.29, 1.82) is 0 Å². The third-order valence-electron chi connectivity index (χ3n) is 6.09. The number of carbonyl (C=O) groups excluding carboxylic acids is 2. The minimum atomic E-state index is -0.504. The Bertz CT molecular complexity index is 1300. The molecular formula is C28H25FN2O3. The van der Waals surface area contributed by atoms with Crippen LogP contribution in [0, 0.1) is 5.82 Å². The van der Waals surface area contributed by atoms with Gasteiger partial charge in [-0.15, -0.1) is 0 Å². The molecule has 34 heavy (non-hydrogen) atoms. The summed E-state index contributed by atoms with van der Waals surface area (Å²) >= 11 is 0. The molecule has 0 atom stereocenters. The highest BCUT2D eigenvalue weighted by Gasteiger charge is 2.43. The molecule has 5 nitrogen and oxygen atoms in total. The lowest BCUT2D eigenvalue weighted by Crippen LogP contribution is -2.37. The van der Waals surface area contributed by atoms with Crippen molar-refractivity contribution in [2.45, 2.75) is 32.9 Å². The Labute approximate surface area is 198 Å². The lowest BCUT2D eigenvalue weighted by atomic mass is 9.98. The summed E-state index contributed by atoms with van der Waals surface area (Å²) in [6.07, 6.45) is 0.794. The van der Waals surface area contributed by atoms with Crippen molar-refractivity contribution in [3.05, 3.63) is 101 Å². The van der Waals surface area contributed by atoms with E-state index in [9.17, 15) is 14.0 Å². The van der Waals surface area contributed by atoms with Gasteiger partial charge in [0.15, 0.2) is 0 Å². The Hall–Kier alpha value is -3.93. The number of halogens is 1. The molecule has 0 spiro atoms. The number of hydrogen-bond donors (Lipinski definition) is 0. The number of imide groups is 1. The number of carbonyl (C=O) groups is 2. The Kier molecular flexibility index (Phi) is 5.65. The molecule has 0 aliphatic carbocycles. The van der Waals surface area contributed by atoms with E-state index in [-0.39, 0.29) is 11.8 Å². The van der Waals surface area contributed by atoms with Gasteiger partial charge in [-0.3, -0.25) is 9.59 Å². The number of benzene rings is 3. The van der Waals surface area contributed by atoms with Crippen molar-refractivity contribution in [2.24, 2.45) is 0 Å². The van der Waals surface area contributed by atoms with Crippen molar-refractivity contribution in [1.82, 2.24) is 4.90 Å². The van der Waals surface area contributed by atoms with Crippen molar-refractivity contribution in [2.75, 3.05) is 11.4 Å². The van der Waals surface area contributed by atoms with Crippen molar-refractivity contribution in [3.63, 3.8) is 0 Å². The van der Waals surface area contributed by atoms with E-state index in [1.165, 1.54) is 23.8 Å². The summed E-state index contributed by atoms with van der Waals surface area (Å²) in [7, 11) is 0. The molecule has 2 aliphatic heterocycles. The summed E-state index contributed by atoms with van der Waals surface area (Å²) in [5.41, 5.74) is 3.90. The van der Waals surface area contributed by atoms with E-state index in [2.05, 4.69) is 6.07 Å². The number of ether oxygens (including phenoxy) is 1. The van der Waals surface area contributed by atoms with Crippen LogP contribution in [0.2, 0.25) is 0 Å². The van der Waals surface area contributed by atoms with E-state index >= 15 is 0 Å². The highest BCUT2D eigenvalue weighted by Crippen LogP contribution is 2.37. The molecule has 0 fully saturated rings. The number of fused-ring (bicyclic) bond motifs is 1. The van der Waals surface area contributed by atoms with E-state index in [1.807, 2.05) is 36.9 Å². The maximum Gasteiger partial charge on any atom is 0.282 e. The van der Waals surface area contributed by atoms with Crippen LogP contribution in [0.3, 0.4) is 0 Å². The molecule has 0 saturated carbocycles. The fraction of sp³-hybridized carbons (Fsp3) is 0.214. The first-order chi connectivity index (χ1) is 16.4. The zero-order valence-electron chi connectivity index (χ0n) is 19.1. The normalized spacial score (nSPS) is 15.9. The van der Waals surface area contributed by atoms with Crippen molar-refractivity contribution < 1.29 is 18.7 Å². The zero-order valence-corrected chi connectivity index (χ0v) is 19.1. The van der Waals surface area contributed by atoms with E-state index in [0.717, 1.165) is 16.9 Å². The lowest BCUT2D eigenvalue weighted by molar-refractivity contribution is -0.120. The van der Waals surface area contributed by atoms with Crippen LogP contribution in [0.1, 0.15) is 30.5 Å². The molecule has 2 heterocycles. The Balaban J connectivity index is 1.59. The molecule has 5 rings (SSSR count). The molecule has 6 heteroatoms. The second-order valence-electron chi connectivity index (χ2n) is 8.78. The summed E-state index contributed by atoms with van der Waals surface area (Å²) in [5.74, 6) is -0.712. The predicted octanol–water partition coefficient (Wildman–Crippen LogP) is 4.96. The number of amides is 2. The van der Waals surface area contributed by atoms with Crippen LogP contribution >= 0.6 is 0 Å². The summed E-state index contributed by atoms with van der Waals surface area (Å²) in [6, 6.07) is 20.9. The van der Waals surface area contributed by atoms with E-state index in [1.54, 1.807) is 30.3 Å². The van der Waals surface area contributed by atoms with E-state index < -0.39 is 17.6 Å². The third-order valence-corrected chi connectivity index (χ3v) is 6.09. The van der Waals surface area contributed by atoms with Gasteiger partial charge >= 0.3 is 0 Å². The van der Waals surface area contributed by atoms with Gasteiger partial charge in [0.2, 0.25) is 0 Å². The first kappa shape index (κ1) is 21.9. The topological polar surface area (TPSA) is 49.9 Å². The largest absolute Gasteiger partial charge is 0.491 e. The Morgan fingerprint density at radius 2 is 1.62 bits per heavy atom. The molecule has 2 amide bonds. The van der Waals surface area contributed by atoms with Crippen LogP contribution in [0.25, 0.3) is 5.57 Å². The first-order valence-corrected chi connectivity index (χ1v) is 11.4. The predicted molar refractivity (Wildman–Crippen MR) is 129 cm³/mol. The zero-order chi connectivity index (χ0) is 23.8. The van der Waals surface area contributed by atoms with Crippen LogP contribution in [0.15, 0.2) is 78.5 Å². The second kappa shape index (κ2) is 8.78. The molecular weight excluding hydrogens is 431 g/mol. The third kappa shape index (κ3) is 3.96. The minimum absolute atomic E-state index is 0.0206. The molecule has 3 aromatic carbocycles. The van der Waals surface area contributed by atoms with Crippen molar-refractivity contribution in [3.8, 4) is 5.75 Å². The van der Waals surface area contributed by atoms with Gasteiger partial charge in [0.25, 0.3) is 11.8 Å². The highest BCUT2D eigenvalue weighted by atomic mass is 19.1. The van der Waals surface area contributed by atoms with Crippen LogP contribution < -0.4 is 9.64 Å².